The van der Waals surface area contributed by atoms with Crippen molar-refractivity contribution >= 4 is 12.1 Å². The fraction of sp³-hybridized carbons (Fsp3) is 0.125. The number of hydrazone groups is 1. The molecule has 2 rings (SSSR count). The van der Waals surface area contributed by atoms with Gasteiger partial charge in [0.25, 0.3) is 0 Å². The summed E-state index contributed by atoms with van der Waals surface area (Å²) in [6.45, 7) is 0. The molecule has 0 saturated carbocycles. The zero-order valence-corrected chi connectivity index (χ0v) is 11.5. The van der Waals surface area contributed by atoms with Gasteiger partial charge in [0.05, 0.1) is 19.7 Å². The van der Waals surface area contributed by atoms with Crippen LogP contribution in [0.15, 0.2) is 53.6 Å². The normalized spacial score (nSPS) is 10.6. The summed E-state index contributed by atoms with van der Waals surface area (Å²) in [5.41, 5.74) is 4.00. The summed E-state index contributed by atoms with van der Waals surface area (Å²) in [4.78, 5) is 11.7. The molecule has 0 fully saturated rings. The zero-order valence-electron chi connectivity index (χ0n) is 11.5. The van der Waals surface area contributed by atoms with Crippen LogP contribution in [0.5, 0.6) is 5.75 Å². The van der Waals surface area contributed by atoms with E-state index < -0.39 is 0 Å². The topological polar surface area (TPSA) is 50.7 Å². The third-order valence-electron chi connectivity index (χ3n) is 2.80. The molecule has 0 spiro atoms. The average molecular weight is 286 g/mol. The summed E-state index contributed by atoms with van der Waals surface area (Å²) < 4.78 is 17.8. The zero-order chi connectivity index (χ0) is 15.1. The van der Waals surface area contributed by atoms with Crippen LogP contribution < -0.4 is 10.2 Å². The standard InChI is InChI=1S/C16H15FN2O2/c1-21-15-8-4-12(5-9-15)10-16(20)19-18-11-13-2-6-14(17)7-3-13/h2-9,11H,10H2,1H3,(H,19,20)/b18-11-. The largest absolute Gasteiger partial charge is 0.497 e. The monoisotopic (exact) mass is 286 g/mol. The number of ether oxygens (including phenoxy) is 1. The number of hydrogen-bond donors (Lipinski definition) is 1. The Kier molecular flexibility index (Phi) is 5.04. The quantitative estimate of drug-likeness (QED) is 0.678. The molecule has 0 heterocycles. The van der Waals surface area contributed by atoms with E-state index in [1.165, 1.54) is 18.3 Å². The van der Waals surface area contributed by atoms with E-state index in [0.29, 0.717) is 5.56 Å². The second-order valence-corrected chi connectivity index (χ2v) is 4.37. The van der Waals surface area contributed by atoms with Crippen molar-refractivity contribution in [1.29, 1.82) is 0 Å². The minimum Gasteiger partial charge on any atom is -0.497 e. The first-order valence-electron chi connectivity index (χ1n) is 6.38. The predicted octanol–water partition coefficient (Wildman–Crippen LogP) is 2.53. The second kappa shape index (κ2) is 7.19. The van der Waals surface area contributed by atoms with Gasteiger partial charge in [-0.3, -0.25) is 4.79 Å². The number of methoxy groups -OCH3 is 1. The highest BCUT2D eigenvalue weighted by Crippen LogP contribution is 2.11. The lowest BCUT2D eigenvalue weighted by molar-refractivity contribution is -0.120. The van der Waals surface area contributed by atoms with Crippen LogP contribution in [0.25, 0.3) is 0 Å². The fourth-order valence-electron chi connectivity index (χ4n) is 1.70. The Bertz CT molecular complexity index is 622. The number of amides is 1. The van der Waals surface area contributed by atoms with Gasteiger partial charge in [0.1, 0.15) is 11.6 Å². The van der Waals surface area contributed by atoms with Crippen molar-refractivity contribution in [3.63, 3.8) is 0 Å². The predicted molar refractivity (Wildman–Crippen MR) is 78.8 cm³/mol. The summed E-state index contributed by atoms with van der Waals surface area (Å²) in [5, 5.41) is 3.83. The lowest BCUT2D eigenvalue weighted by Gasteiger charge is -2.02. The van der Waals surface area contributed by atoms with E-state index in [4.69, 9.17) is 4.74 Å². The van der Waals surface area contributed by atoms with Crippen molar-refractivity contribution in [1.82, 2.24) is 5.43 Å². The van der Waals surface area contributed by atoms with Gasteiger partial charge < -0.3 is 4.74 Å². The van der Waals surface area contributed by atoms with Gasteiger partial charge in [-0.25, -0.2) is 9.82 Å². The van der Waals surface area contributed by atoms with Crippen molar-refractivity contribution in [3.8, 4) is 5.75 Å². The van der Waals surface area contributed by atoms with Crippen LogP contribution in [-0.2, 0) is 11.2 Å². The van der Waals surface area contributed by atoms with Gasteiger partial charge in [0.15, 0.2) is 0 Å². The van der Waals surface area contributed by atoms with Crippen molar-refractivity contribution < 1.29 is 13.9 Å². The highest BCUT2D eigenvalue weighted by Gasteiger charge is 2.02. The van der Waals surface area contributed by atoms with Crippen LogP contribution in [-0.4, -0.2) is 19.2 Å². The lowest BCUT2D eigenvalue weighted by atomic mass is 10.1. The van der Waals surface area contributed by atoms with Gasteiger partial charge in [-0.05, 0) is 35.4 Å². The molecule has 0 aromatic heterocycles. The van der Waals surface area contributed by atoms with Crippen molar-refractivity contribution in [2.45, 2.75) is 6.42 Å². The Balaban J connectivity index is 1.85. The molecule has 0 atom stereocenters. The van der Waals surface area contributed by atoms with Crippen LogP contribution in [0, 0.1) is 5.82 Å². The third-order valence-corrected chi connectivity index (χ3v) is 2.80. The molecule has 2 aromatic rings. The van der Waals surface area contributed by atoms with Gasteiger partial charge in [-0.2, -0.15) is 5.10 Å². The van der Waals surface area contributed by atoms with Gasteiger partial charge in [0, 0.05) is 0 Å². The van der Waals surface area contributed by atoms with E-state index in [-0.39, 0.29) is 18.1 Å². The molecule has 0 unspecified atom stereocenters. The first-order valence-corrected chi connectivity index (χ1v) is 6.38. The fourth-order valence-corrected chi connectivity index (χ4v) is 1.70. The lowest BCUT2D eigenvalue weighted by Crippen LogP contribution is -2.19. The molecule has 4 nitrogen and oxygen atoms in total. The summed E-state index contributed by atoms with van der Waals surface area (Å²) in [6.07, 6.45) is 1.69. The van der Waals surface area contributed by atoms with Crippen molar-refractivity contribution in [3.05, 3.63) is 65.5 Å². The summed E-state index contributed by atoms with van der Waals surface area (Å²) in [7, 11) is 1.59. The molecular weight excluding hydrogens is 271 g/mol. The Labute approximate surface area is 122 Å². The number of hydrogen-bond acceptors (Lipinski definition) is 3. The molecule has 5 heteroatoms. The third kappa shape index (κ3) is 4.72. The summed E-state index contributed by atoms with van der Waals surface area (Å²) in [5.74, 6) is 0.211. The number of nitrogens with zero attached hydrogens (tertiary/aromatic N) is 1. The van der Waals surface area contributed by atoms with E-state index in [1.807, 2.05) is 12.1 Å². The SMILES string of the molecule is COc1ccc(CC(=O)N/N=C\c2ccc(F)cc2)cc1. The number of carbonyl (C=O) groups excluding carboxylic acids is 1. The van der Waals surface area contributed by atoms with Crippen molar-refractivity contribution in [2.24, 2.45) is 5.10 Å². The minimum absolute atomic E-state index is 0.224. The number of rotatable bonds is 5. The Morgan fingerprint density at radius 1 is 1.19 bits per heavy atom. The van der Waals surface area contributed by atoms with Gasteiger partial charge in [0.2, 0.25) is 5.91 Å². The van der Waals surface area contributed by atoms with Crippen LogP contribution in [0.2, 0.25) is 0 Å². The van der Waals surface area contributed by atoms with E-state index in [1.54, 1.807) is 31.4 Å². The molecule has 0 aliphatic carbocycles. The Hall–Kier alpha value is -2.69. The van der Waals surface area contributed by atoms with Gasteiger partial charge in [-0.15, -0.1) is 0 Å². The number of nitrogens with one attached hydrogen (secondary N) is 1. The number of carbonyl (C=O) groups is 1. The summed E-state index contributed by atoms with van der Waals surface area (Å²) >= 11 is 0. The Morgan fingerprint density at radius 2 is 1.86 bits per heavy atom. The maximum absolute atomic E-state index is 12.7. The smallest absolute Gasteiger partial charge is 0.244 e. The molecule has 0 radical (unpaired) electrons. The molecule has 21 heavy (non-hydrogen) atoms. The van der Waals surface area contributed by atoms with Gasteiger partial charge in [-0.1, -0.05) is 24.3 Å². The first kappa shape index (κ1) is 14.7. The maximum atomic E-state index is 12.7. The second-order valence-electron chi connectivity index (χ2n) is 4.37. The van der Waals surface area contributed by atoms with Crippen LogP contribution in [0.3, 0.4) is 0 Å². The first-order chi connectivity index (χ1) is 10.2. The minimum atomic E-state index is -0.310. The molecular formula is C16H15FN2O2. The molecule has 0 bridgehead atoms. The molecule has 108 valence electrons. The highest BCUT2D eigenvalue weighted by atomic mass is 19.1. The van der Waals surface area contributed by atoms with Crippen molar-refractivity contribution in [2.75, 3.05) is 7.11 Å². The van der Waals surface area contributed by atoms with E-state index in [9.17, 15) is 9.18 Å². The molecule has 0 aliphatic heterocycles. The molecule has 0 saturated heterocycles. The molecule has 1 N–H and O–H groups in total. The number of halogens is 1. The van der Waals surface area contributed by atoms with E-state index >= 15 is 0 Å². The van der Waals surface area contributed by atoms with Gasteiger partial charge >= 0.3 is 0 Å². The molecule has 0 aliphatic rings. The highest BCUT2D eigenvalue weighted by molar-refractivity contribution is 5.83. The van der Waals surface area contributed by atoms with Crippen LogP contribution >= 0.6 is 0 Å². The Morgan fingerprint density at radius 3 is 2.48 bits per heavy atom. The van der Waals surface area contributed by atoms with E-state index in [0.717, 1.165) is 11.3 Å². The van der Waals surface area contributed by atoms with Crippen LogP contribution in [0.4, 0.5) is 4.39 Å². The number of benzene rings is 2. The molecule has 1 amide bonds. The van der Waals surface area contributed by atoms with Crippen LogP contribution in [0.1, 0.15) is 11.1 Å². The average Bonchev–Trinajstić information content (AvgIpc) is 2.50. The maximum Gasteiger partial charge on any atom is 0.244 e. The summed E-state index contributed by atoms with van der Waals surface area (Å²) in [6, 6.07) is 13.1. The van der Waals surface area contributed by atoms with E-state index in [2.05, 4.69) is 10.5 Å². The molecule has 2 aromatic carbocycles.